The number of halogens is 1. The molecule has 2 aromatic rings. The molecule has 2 aromatic carbocycles. The van der Waals surface area contributed by atoms with Gasteiger partial charge in [-0.25, -0.2) is 22.3 Å². The van der Waals surface area contributed by atoms with Crippen molar-refractivity contribution in [1.82, 2.24) is 4.72 Å². The van der Waals surface area contributed by atoms with E-state index in [0.717, 1.165) is 5.56 Å². The molecule has 0 aliphatic heterocycles. The summed E-state index contributed by atoms with van der Waals surface area (Å²) in [7, 11) is -3.67. The van der Waals surface area contributed by atoms with Gasteiger partial charge in [-0.15, -0.1) is 0 Å². The highest BCUT2D eigenvalue weighted by Crippen LogP contribution is 2.12. The Balaban J connectivity index is 1.97. The van der Waals surface area contributed by atoms with Gasteiger partial charge in [-0.2, -0.15) is 0 Å². The normalized spacial score (nSPS) is 11.2. The number of carbonyl (C=O) groups is 1. The maximum atomic E-state index is 12.8. The van der Waals surface area contributed by atoms with E-state index in [9.17, 15) is 17.6 Å². The zero-order chi connectivity index (χ0) is 17.6. The summed E-state index contributed by atoms with van der Waals surface area (Å²) in [6, 6.07) is 11.4. The van der Waals surface area contributed by atoms with Gasteiger partial charge in [0.2, 0.25) is 10.0 Å². The number of carbonyl (C=O) groups excluding carboxylic acids is 1. The number of esters is 1. The SMILES string of the molecule is CCOC(=O)c1ccc(S(=O)(=O)NCCc2ccc(F)cc2)cc1. The molecule has 0 aliphatic carbocycles. The van der Waals surface area contributed by atoms with Crippen molar-refractivity contribution in [1.29, 1.82) is 0 Å². The van der Waals surface area contributed by atoms with Crippen LogP contribution in [0, 0.1) is 5.82 Å². The third-order valence-corrected chi connectivity index (χ3v) is 4.77. The van der Waals surface area contributed by atoms with Crippen LogP contribution in [0.1, 0.15) is 22.8 Å². The number of sulfonamides is 1. The van der Waals surface area contributed by atoms with Crippen LogP contribution >= 0.6 is 0 Å². The number of hydrogen-bond acceptors (Lipinski definition) is 4. The van der Waals surface area contributed by atoms with Crippen LogP contribution in [0.3, 0.4) is 0 Å². The lowest BCUT2D eigenvalue weighted by molar-refractivity contribution is 0.0526. The lowest BCUT2D eigenvalue weighted by atomic mass is 10.1. The Labute approximate surface area is 140 Å². The zero-order valence-corrected chi connectivity index (χ0v) is 14.0. The van der Waals surface area contributed by atoms with Crippen molar-refractivity contribution in [3.63, 3.8) is 0 Å². The van der Waals surface area contributed by atoms with Crippen LogP contribution in [0.25, 0.3) is 0 Å². The average molecular weight is 351 g/mol. The van der Waals surface area contributed by atoms with Crippen molar-refractivity contribution in [2.75, 3.05) is 13.2 Å². The summed E-state index contributed by atoms with van der Waals surface area (Å²) in [6.45, 7) is 2.14. The first-order valence-corrected chi connectivity index (χ1v) is 8.92. The molecule has 7 heteroatoms. The van der Waals surface area contributed by atoms with Gasteiger partial charge >= 0.3 is 5.97 Å². The maximum absolute atomic E-state index is 12.8. The van der Waals surface area contributed by atoms with E-state index in [1.165, 1.54) is 36.4 Å². The topological polar surface area (TPSA) is 72.5 Å². The van der Waals surface area contributed by atoms with Gasteiger partial charge in [-0.05, 0) is 55.3 Å². The van der Waals surface area contributed by atoms with Crippen LogP contribution in [-0.4, -0.2) is 27.5 Å². The van der Waals surface area contributed by atoms with E-state index in [4.69, 9.17) is 4.74 Å². The molecular weight excluding hydrogens is 333 g/mol. The van der Waals surface area contributed by atoms with Gasteiger partial charge in [0.15, 0.2) is 0 Å². The summed E-state index contributed by atoms with van der Waals surface area (Å²) in [5.74, 6) is -0.827. The zero-order valence-electron chi connectivity index (χ0n) is 13.2. The predicted octanol–water partition coefficient (Wildman–Crippen LogP) is 2.52. The Morgan fingerprint density at radius 3 is 2.29 bits per heavy atom. The second-order valence-electron chi connectivity index (χ2n) is 5.02. The highest BCUT2D eigenvalue weighted by molar-refractivity contribution is 7.89. The number of nitrogens with one attached hydrogen (secondary N) is 1. The van der Waals surface area contributed by atoms with E-state index in [2.05, 4.69) is 4.72 Å². The van der Waals surface area contributed by atoms with Crippen molar-refractivity contribution in [3.8, 4) is 0 Å². The molecule has 0 aromatic heterocycles. The van der Waals surface area contributed by atoms with Gasteiger partial charge in [0.05, 0.1) is 17.1 Å². The summed E-state index contributed by atoms with van der Waals surface area (Å²) < 4.78 is 44.5. The third-order valence-electron chi connectivity index (χ3n) is 3.29. The van der Waals surface area contributed by atoms with E-state index in [-0.39, 0.29) is 23.9 Å². The minimum absolute atomic E-state index is 0.0645. The highest BCUT2D eigenvalue weighted by atomic mass is 32.2. The van der Waals surface area contributed by atoms with E-state index in [1.807, 2.05) is 0 Å². The van der Waals surface area contributed by atoms with Crippen molar-refractivity contribution in [2.24, 2.45) is 0 Å². The van der Waals surface area contributed by atoms with Gasteiger partial charge in [-0.1, -0.05) is 12.1 Å². The minimum atomic E-state index is -3.67. The van der Waals surface area contributed by atoms with Crippen LogP contribution in [0.4, 0.5) is 4.39 Å². The molecule has 0 saturated carbocycles. The molecule has 0 aliphatic rings. The molecule has 0 amide bonds. The molecule has 24 heavy (non-hydrogen) atoms. The van der Waals surface area contributed by atoms with Crippen molar-refractivity contribution in [3.05, 3.63) is 65.5 Å². The lowest BCUT2D eigenvalue weighted by Crippen LogP contribution is -2.26. The quantitative estimate of drug-likeness (QED) is 0.778. The fourth-order valence-electron chi connectivity index (χ4n) is 2.05. The van der Waals surface area contributed by atoms with Crippen molar-refractivity contribution < 1.29 is 22.3 Å². The Morgan fingerprint density at radius 1 is 1.08 bits per heavy atom. The first-order chi connectivity index (χ1) is 11.4. The Hall–Kier alpha value is -2.25. The molecular formula is C17H18FNO4S. The molecule has 0 unspecified atom stereocenters. The molecule has 0 bridgehead atoms. The van der Waals surface area contributed by atoms with E-state index in [0.29, 0.717) is 12.0 Å². The van der Waals surface area contributed by atoms with E-state index < -0.39 is 16.0 Å². The third kappa shape index (κ3) is 4.87. The first kappa shape index (κ1) is 18.1. The maximum Gasteiger partial charge on any atom is 0.338 e. The molecule has 0 fully saturated rings. The Bertz CT molecular complexity index is 786. The summed E-state index contributed by atoms with van der Waals surface area (Å²) >= 11 is 0. The van der Waals surface area contributed by atoms with Gasteiger partial charge < -0.3 is 4.74 Å². The van der Waals surface area contributed by atoms with Crippen LogP contribution in [-0.2, 0) is 21.2 Å². The second kappa shape index (κ2) is 8.03. The number of rotatable bonds is 7. The van der Waals surface area contributed by atoms with Gasteiger partial charge in [0.1, 0.15) is 5.82 Å². The predicted molar refractivity (Wildman–Crippen MR) is 87.7 cm³/mol. The molecule has 0 saturated heterocycles. The van der Waals surface area contributed by atoms with Crippen LogP contribution < -0.4 is 4.72 Å². The molecule has 0 radical (unpaired) electrons. The molecule has 128 valence electrons. The second-order valence-corrected chi connectivity index (χ2v) is 6.79. The van der Waals surface area contributed by atoms with Crippen LogP contribution in [0.15, 0.2) is 53.4 Å². The summed E-state index contributed by atoms with van der Waals surface area (Å²) in [4.78, 5) is 11.6. The fourth-order valence-corrected chi connectivity index (χ4v) is 3.08. The van der Waals surface area contributed by atoms with Gasteiger partial charge in [-0.3, -0.25) is 0 Å². The molecule has 2 rings (SSSR count). The van der Waals surface area contributed by atoms with Crippen LogP contribution in [0.2, 0.25) is 0 Å². The molecule has 0 spiro atoms. The number of ether oxygens (including phenoxy) is 1. The summed E-state index contributed by atoms with van der Waals surface area (Å²) in [5, 5.41) is 0. The van der Waals surface area contributed by atoms with E-state index in [1.54, 1.807) is 19.1 Å². The number of benzene rings is 2. The highest BCUT2D eigenvalue weighted by Gasteiger charge is 2.14. The standard InChI is InChI=1S/C17H18FNO4S/c1-2-23-17(20)14-5-9-16(10-6-14)24(21,22)19-12-11-13-3-7-15(18)8-4-13/h3-10,19H,2,11-12H2,1H3. The largest absolute Gasteiger partial charge is 0.462 e. The Morgan fingerprint density at radius 2 is 1.71 bits per heavy atom. The minimum Gasteiger partial charge on any atom is -0.462 e. The fraction of sp³-hybridized carbons (Fsp3) is 0.235. The number of hydrogen-bond donors (Lipinski definition) is 1. The molecule has 0 atom stereocenters. The molecule has 5 nitrogen and oxygen atoms in total. The molecule has 0 heterocycles. The Kier molecular flexibility index (Phi) is 6.05. The monoisotopic (exact) mass is 351 g/mol. The van der Waals surface area contributed by atoms with Crippen LogP contribution in [0.5, 0.6) is 0 Å². The first-order valence-electron chi connectivity index (χ1n) is 7.43. The summed E-state index contributed by atoms with van der Waals surface area (Å²) in [6.07, 6.45) is 0.445. The van der Waals surface area contributed by atoms with Crippen molar-refractivity contribution in [2.45, 2.75) is 18.2 Å². The smallest absolute Gasteiger partial charge is 0.338 e. The molecule has 1 N–H and O–H groups in total. The summed E-state index contributed by atoms with van der Waals surface area (Å²) in [5.41, 5.74) is 1.12. The lowest BCUT2D eigenvalue weighted by Gasteiger charge is -2.08. The van der Waals surface area contributed by atoms with Gasteiger partial charge in [0, 0.05) is 6.54 Å². The van der Waals surface area contributed by atoms with E-state index >= 15 is 0 Å². The van der Waals surface area contributed by atoms with Gasteiger partial charge in [0.25, 0.3) is 0 Å². The average Bonchev–Trinajstić information content (AvgIpc) is 2.57. The van der Waals surface area contributed by atoms with Crippen molar-refractivity contribution >= 4 is 16.0 Å².